The van der Waals surface area contributed by atoms with Gasteiger partial charge >= 0.3 is 0 Å². The van der Waals surface area contributed by atoms with Crippen molar-refractivity contribution in [2.24, 2.45) is 0 Å². The fourth-order valence-corrected chi connectivity index (χ4v) is 3.84. The first-order valence-electron chi connectivity index (χ1n) is 8.57. The number of H-pyrrole nitrogens is 1. The lowest BCUT2D eigenvalue weighted by Gasteiger charge is -2.19. The summed E-state index contributed by atoms with van der Waals surface area (Å²) in [4.78, 5) is 14.0. The van der Waals surface area contributed by atoms with Gasteiger partial charge in [-0.05, 0) is 49.8 Å². The summed E-state index contributed by atoms with van der Waals surface area (Å²) in [5, 5.41) is 8.19. The van der Waals surface area contributed by atoms with Crippen molar-refractivity contribution in [2.45, 2.75) is 44.2 Å². The van der Waals surface area contributed by atoms with Crippen LogP contribution in [-0.2, 0) is 0 Å². The molecule has 3 aromatic heterocycles. The van der Waals surface area contributed by atoms with Crippen LogP contribution in [0.1, 0.15) is 49.3 Å². The first-order valence-corrected chi connectivity index (χ1v) is 8.57. The minimum Gasteiger partial charge on any atom is -0.329 e. The SMILES string of the molecule is C[C@@H](N[C@H]1CCC(c2ccc(=O)[nH]c2)C1)c1cnn2ccccc12. The predicted molar refractivity (Wildman–Crippen MR) is 94.2 cm³/mol. The lowest BCUT2D eigenvalue weighted by Crippen LogP contribution is -2.29. The van der Waals surface area contributed by atoms with E-state index in [1.165, 1.54) is 11.1 Å². The number of nitrogens with one attached hydrogen (secondary N) is 2. The molecule has 4 rings (SSSR count). The Balaban J connectivity index is 1.44. The number of rotatable bonds is 4. The van der Waals surface area contributed by atoms with Crippen LogP contribution in [0, 0.1) is 0 Å². The van der Waals surface area contributed by atoms with E-state index < -0.39 is 0 Å². The number of aromatic amines is 1. The molecule has 5 heteroatoms. The van der Waals surface area contributed by atoms with Crippen LogP contribution in [-0.4, -0.2) is 20.6 Å². The molecule has 3 aromatic rings. The molecule has 1 aliphatic rings. The summed E-state index contributed by atoms with van der Waals surface area (Å²) in [5.41, 5.74) is 3.60. The first-order chi connectivity index (χ1) is 11.7. The van der Waals surface area contributed by atoms with Gasteiger partial charge in [-0.2, -0.15) is 5.10 Å². The number of pyridine rings is 2. The van der Waals surface area contributed by atoms with Crippen molar-refractivity contribution in [3.8, 4) is 0 Å². The molecule has 3 heterocycles. The van der Waals surface area contributed by atoms with Gasteiger partial charge in [0.1, 0.15) is 0 Å². The van der Waals surface area contributed by atoms with Gasteiger partial charge in [-0.1, -0.05) is 12.1 Å². The highest BCUT2D eigenvalue weighted by Crippen LogP contribution is 2.35. The van der Waals surface area contributed by atoms with Crippen molar-refractivity contribution in [2.75, 3.05) is 0 Å². The molecule has 124 valence electrons. The van der Waals surface area contributed by atoms with Crippen LogP contribution in [0.2, 0.25) is 0 Å². The third kappa shape index (κ3) is 2.87. The Bertz CT molecular complexity index is 877. The highest BCUT2D eigenvalue weighted by molar-refractivity contribution is 5.54. The minimum atomic E-state index is -0.0341. The van der Waals surface area contributed by atoms with Gasteiger partial charge in [-0.25, -0.2) is 4.52 Å². The average molecular weight is 322 g/mol. The predicted octanol–water partition coefficient (Wildman–Crippen LogP) is 3.01. The van der Waals surface area contributed by atoms with E-state index in [1.54, 1.807) is 6.07 Å². The summed E-state index contributed by atoms with van der Waals surface area (Å²) in [6.45, 7) is 2.21. The Labute approximate surface area is 140 Å². The van der Waals surface area contributed by atoms with Crippen LogP contribution in [0.4, 0.5) is 0 Å². The van der Waals surface area contributed by atoms with Gasteiger partial charge in [0, 0.05) is 36.1 Å². The van der Waals surface area contributed by atoms with Crippen molar-refractivity contribution >= 4 is 5.52 Å². The highest BCUT2D eigenvalue weighted by atomic mass is 16.1. The molecule has 2 N–H and O–H groups in total. The van der Waals surface area contributed by atoms with Crippen LogP contribution in [0.15, 0.2) is 53.7 Å². The zero-order valence-electron chi connectivity index (χ0n) is 13.8. The van der Waals surface area contributed by atoms with Gasteiger partial charge in [0.05, 0.1) is 11.7 Å². The number of hydrogen-bond donors (Lipinski definition) is 2. The van der Waals surface area contributed by atoms with Crippen LogP contribution < -0.4 is 10.9 Å². The molecule has 0 aromatic carbocycles. The fourth-order valence-electron chi connectivity index (χ4n) is 3.84. The molecule has 0 bridgehead atoms. The van der Waals surface area contributed by atoms with Gasteiger partial charge in [0.2, 0.25) is 5.56 Å². The smallest absolute Gasteiger partial charge is 0.247 e. The number of nitrogens with zero attached hydrogens (tertiary/aromatic N) is 2. The van der Waals surface area contributed by atoms with Crippen LogP contribution in [0.3, 0.4) is 0 Å². The number of hydrogen-bond acceptors (Lipinski definition) is 3. The molecule has 24 heavy (non-hydrogen) atoms. The normalized spacial score (nSPS) is 22.0. The van der Waals surface area contributed by atoms with Gasteiger partial charge in [-0.3, -0.25) is 4.79 Å². The largest absolute Gasteiger partial charge is 0.329 e. The lowest BCUT2D eigenvalue weighted by atomic mass is 9.99. The Morgan fingerprint density at radius 1 is 1.29 bits per heavy atom. The summed E-state index contributed by atoms with van der Waals surface area (Å²) in [7, 11) is 0. The van der Waals surface area contributed by atoms with E-state index in [1.807, 2.05) is 35.2 Å². The fraction of sp³-hybridized carbons (Fsp3) is 0.368. The Morgan fingerprint density at radius 3 is 3.04 bits per heavy atom. The minimum absolute atomic E-state index is 0.0341. The van der Waals surface area contributed by atoms with E-state index in [0.717, 1.165) is 24.8 Å². The van der Waals surface area contributed by atoms with E-state index in [9.17, 15) is 4.79 Å². The van der Waals surface area contributed by atoms with Crippen molar-refractivity contribution in [3.05, 3.63) is 70.4 Å². The maximum atomic E-state index is 11.2. The second kappa shape index (κ2) is 6.24. The molecule has 0 radical (unpaired) electrons. The van der Waals surface area contributed by atoms with Crippen molar-refractivity contribution in [3.63, 3.8) is 0 Å². The van der Waals surface area contributed by atoms with Crippen LogP contribution in [0.25, 0.3) is 5.52 Å². The van der Waals surface area contributed by atoms with Crippen LogP contribution in [0.5, 0.6) is 0 Å². The Hall–Kier alpha value is -2.40. The van der Waals surface area contributed by atoms with Crippen LogP contribution >= 0.6 is 0 Å². The maximum Gasteiger partial charge on any atom is 0.247 e. The van der Waals surface area contributed by atoms with Crippen molar-refractivity contribution < 1.29 is 0 Å². The summed E-state index contributed by atoms with van der Waals surface area (Å²) in [6, 6.07) is 10.5. The highest BCUT2D eigenvalue weighted by Gasteiger charge is 2.27. The number of aromatic nitrogens is 3. The van der Waals surface area contributed by atoms with Crippen molar-refractivity contribution in [1.29, 1.82) is 0 Å². The topological polar surface area (TPSA) is 62.2 Å². The zero-order valence-corrected chi connectivity index (χ0v) is 13.8. The molecule has 1 unspecified atom stereocenters. The molecule has 0 spiro atoms. The second-order valence-corrected chi connectivity index (χ2v) is 6.71. The zero-order chi connectivity index (χ0) is 16.5. The summed E-state index contributed by atoms with van der Waals surface area (Å²) in [5.74, 6) is 0.524. The Kier molecular flexibility index (Phi) is 3.94. The molecule has 5 nitrogen and oxygen atoms in total. The van der Waals surface area contributed by atoms with E-state index in [0.29, 0.717) is 12.0 Å². The Morgan fingerprint density at radius 2 is 2.21 bits per heavy atom. The van der Waals surface area contributed by atoms with E-state index >= 15 is 0 Å². The quantitative estimate of drug-likeness (QED) is 0.776. The molecule has 0 saturated heterocycles. The molecule has 0 aliphatic heterocycles. The van der Waals surface area contributed by atoms with E-state index in [2.05, 4.69) is 34.5 Å². The molecule has 3 atom stereocenters. The van der Waals surface area contributed by atoms with E-state index in [-0.39, 0.29) is 11.6 Å². The summed E-state index contributed by atoms with van der Waals surface area (Å²) >= 11 is 0. The van der Waals surface area contributed by atoms with Gasteiger partial charge < -0.3 is 10.3 Å². The molecular formula is C19H22N4O. The average Bonchev–Trinajstić information content (AvgIpc) is 3.22. The molecule has 1 aliphatic carbocycles. The molecule has 1 saturated carbocycles. The first kappa shape index (κ1) is 15.1. The second-order valence-electron chi connectivity index (χ2n) is 6.71. The van der Waals surface area contributed by atoms with Gasteiger partial charge in [0.15, 0.2) is 0 Å². The summed E-state index contributed by atoms with van der Waals surface area (Å²) in [6.07, 6.45) is 9.23. The molecule has 1 fully saturated rings. The number of fused-ring (bicyclic) bond motifs is 1. The monoisotopic (exact) mass is 322 g/mol. The molecule has 0 amide bonds. The summed E-state index contributed by atoms with van der Waals surface area (Å²) < 4.78 is 1.92. The third-order valence-corrected chi connectivity index (χ3v) is 5.12. The molecular weight excluding hydrogens is 300 g/mol. The van der Waals surface area contributed by atoms with E-state index in [4.69, 9.17) is 0 Å². The van der Waals surface area contributed by atoms with Crippen molar-refractivity contribution in [1.82, 2.24) is 19.9 Å². The standard InChI is InChI=1S/C19H22N4O/c1-13(17-12-21-23-9-3-2-4-18(17)23)22-16-7-5-14(10-16)15-6-8-19(24)20-11-15/h2-4,6,8-9,11-14,16,22H,5,7,10H2,1H3,(H,20,24)/t13-,14?,16+/m1/s1. The van der Waals surface area contributed by atoms with Gasteiger partial charge in [-0.15, -0.1) is 0 Å². The third-order valence-electron chi connectivity index (χ3n) is 5.12. The lowest BCUT2D eigenvalue weighted by molar-refractivity contribution is 0.458. The maximum absolute atomic E-state index is 11.2. The van der Waals surface area contributed by atoms with Gasteiger partial charge in [0.25, 0.3) is 0 Å².